The molecule has 1 aromatic heterocycles. The van der Waals surface area contributed by atoms with Crippen molar-refractivity contribution in [2.24, 2.45) is 0 Å². The molecule has 0 aliphatic heterocycles. The van der Waals surface area contributed by atoms with Gasteiger partial charge in [0.25, 0.3) is 5.56 Å². The zero-order valence-electron chi connectivity index (χ0n) is 11.9. The number of aromatic amines is 1. The second kappa shape index (κ2) is 6.05. The molecule has 0 aliphatic rings. The number of aromatic nitrogens is 2. The maximum atomic E-state index is 11.9. The number of hydrogen-bond donors (Lipinski definition) is 2. The molecule has 21 heavy (non-hydrogen) atoms. The summed E-state index contributed by atoms with van der Waals surface area (Å²) in [5.74, 6) is 0.657. The van der Waals surface area contributed by atoms with Crippen molar-refractivity contribution >= 4 is 11.6 Å². The van der Waals surface area contributed by atoms with Gasteiger partial charge in [-0.25, -0.2) is 0 Å². The Balaban J connectivity index is 2.65. The molecule has 112 valence electrons. The second-order valence-electron chi connectivity index (χ2n) is 4.23. The van der Waals surface area contributed by atoms with E-state index in [2.05, 4.69) is 9.97 Å². The molecule has 6 nitrogen and oxygen atoms in total. The number of nitrogens with one attached hydrogen (secondary N) is 1. The number of aromatic hydroxyl groups is 1. The molecule has 0 amide bonds. The van der Waals surface area contributed by atoms with Crippen LogP contribution in [-0.4, -0.2) is 29.3 Å². The van der Waals surface area contributed by atoms with Crippen molar-refractivity contribution in [3.8, 4) is 28.8 Å². The number of benzene rings is 1. The van der Waals surface area contributed by atoms with Crippen molar-refractivity contribution in [2.75, 3.05) is 14.2 Å². The molecule has 0 saturated carbocycles. The van der Waals surface area contributed by atoms with Crippen LogP contribution in [0.5, 0.6) is 17.4 Å². The van der Waals surface area contributed by atoms with Gasteiger partial charge in [0.1, 0.15) is 5.82 Å². The molecule has 2 N–H and O–H groups in total. The van der Waals surface area contributed by atoms with Gasteiger partial charge in [0.15, 0.2) is 11.5 Å². The summed E-state index contributed by atoms with van der Waals surface area (Å²) >= 11 is 6.26. The minimum atomic E-state index is -0.397. The average Bonchev–Trinajstić information content (AvgIpc) is 2.46. The van der Waals surface area contributed by atoms with E-state index in [-0.39, 0.29) is 22.3 Å². The van der Waals surface area contributed by atoms with Gasteiger partial charge in [0.05, 0.1) is 24.8 Å². The zero-order valence-corrected chi connectivity index (χ0v) is 12.6. The summed E-state index contributed by atoms with van der Waals surface area (Å²) in [4.78, 5) is 18.5. The number of methoxy groups -OCH3 is 2. The van der Waals surface area contributed by atoms with Gasteiger partial charge in [-0.1, -0.05) is 18.5 Å². The van der Waals surface area contributed by atoms with Gasteiger partial charge >= 0.3 is 0 Å². The van der Waals surface area contributed by atoms with Crippen molar-refractivity contribution in [1.29, 1.82) is 0 Å². The van der Waals surface area contributed by atoms with Crippen LogP contribution in [0.3, 0.4) is 0 Å². The molecular weight excluding hydrogens is 296 g/mol. The molecule has 0 atom stereocenters. The molecular formula is C14H15ClN2O4. The Hall–Kier alpha value is -2.21. The van der Waals surface area contributed by atoms with Gasteiger partial charge in [0, 0.05) is 5.56 Å². The van der Waals surface area contributed by atoms with Crippen LogP contribution in [0, 0.1) is 0 Å². The van der Waals surface area contributed by atoms with Crippen LogP contribution in [0.2, 0.25) is 5.02 Å². The van der Waals surface area contributed by atoms with Crippen LogP contribution in [-0.2, 0) is 6.42 Å². The first kappa shape index (κ1) is 15.2. The Kier molecular flexibility index (Phi) is 4.37. The van der Waals surface area contributed by atoms with E-state index in [0.29, 0.717) is 23.5 Å². The van der Waals surface area contributed by atoms with Gasteiger partial charge in [-0.3, -0.25) is 4.79 Å². The summed E-state index contributed by atoms with van der Waals surface area (Å²) < 4.78 is 10.3. The van der Waals surface area contributed by atoms with Crippen LogP contribution < -0.4 is 15.0 Å². The van der Waals surface area contributed by atoms with Gasteiger partial charge in [-0.2, -0.15) is 4.98 Å². The van der Waals surface area contributed by atoms with E-state index in [9.17, 15) is 9.90 Å². The molecule has 0 spiro atoms. The lowest BCUT2D eigenvalue weighted by Gasteiger charge is -2.12. The highest BCUT2D eigenvalue weighted by Gasteiger charge is 2.17. The van der Waals surface area contributed by atoms with Gasteiger partial charge in [0.2, 0.25) is 5.88 Å². The highest BCUT2D eigenvalue weighted by Crippen LogP contribution is 2.40. The Morgan fingerprint density at radius 2 is 2.05 bits per heavy atom. The molecule has 1 heterocycles. The SMILES string of the molecule is CCc1c(O)nc(-c2ccc(OC)c(OC)c2Cl)[nH]c1=O. The second-order valence-corrected chi connectivity index (χ2v) is 4.61. The summed E-state index contributed by atoms with van der Waals surface area (Å²) in [5, 5.41) is 10.1. The third-order valence-corrected chi connectivity index (χ3v) is 3.46. The lowest BCUT2D eigenvalue weighted by atomic mass is 10.1. The highest BCUT2D eigenvalue weighted by molar-refractivity contribution is 6.35. The average molecular weight is 311 g/mol. The number of halogens is 1. The lowest BCUT2D eigenvalue weighted by Crippen LogP contribution is -2.14. The fraction of sp³-hybridized carbons (Fsp3) is 0.286. The Morgan fingerprint density at radius 1 is 1.33 bits per heavy atom. The fourth-order valence-corrected chi connectivity index (χ4v) is 2.33. The quantitative estimate of drug-likeness (QED) is 0.905. The summed E-state index contributed by atoms with van der Waals surface area (Å²) in [5.41, 5.74) is 0.269. The van der Waals surface area contributed by atoms with Gasteiger partial charge in [-0.05, 0) is 18.6 Å². The van der Waals surface area contributed by atoms with Crippen molar-refractivity contribution in [2.45, 2.75) is 13.3 Å². The van der Waals surface area contributed by atoms with Gasteiger partial charge < -0.3 is 19.6 Å². The minimum Gasteiger partial charge on any atom is -0.493 e. The van der Waals surface area contributed by atoms with E-state index in [1.54, 1.807) is 19.1 Å². The minimum absolute atomic E-state index is 0.167. The summed E-state index contributed by atoms with van der Waals surface area (Å²) in [6, 6.07) is 3.28. The normalized spacial score (nSPS) is 10.5. The molecule has 2 aromatic rings. The molecule has 0 unspecified atom stereocenters. The Bertz CT molecular complexity index is 728. The number of nitrogens with zero attached hydrogens (tertiary/aromatic N) is 1. The first-order valence-electron chi connectivity index (χ1n) is 6.26. The third-order valence-electron chi connectivity index (χ3n) is 3.09. The maximum Gasteiger partial charge on any atom is 0.258 e. The van der Waals surface area contributed by atoms with Crippen molar-refractivity contribution in [3.63, 3.8) is 0 Å². The third kappa shape index (κ3) is 2.67. The zero-order chi connectivity index (χ0) is 15.6. The van der Waals surface area contributed by atoms with E-state index in [1.165, 1.54) is 14.2 Å². The molecule has 7 heteroatoms. The maximum absolute atomic E-state index is 11.9. The van der Waals surface area contributed by atoms with E-state index in [0.717, 1.165) is 0 Å². The number of H-pyrrole nitrogens is 1. The fourth-order valence-electron chi connectivity index (χ4n) is 2.00. The van der Waals surface area contributed by atoms with Crippen LogP contribution >= 0.6 is 11.6 Å². The molecule has 1 aromatic carbocycles. The molecule has 2 rings (SSSR count). The standard InChI is InChI=1S/C14H15ClN2O4/c1-4-7-13(18)16-12(17-14(7)19)8-5-6-9(20-2)11(21-3)10(8)15/h5-6H,4H2,1-3H3,(H2,16,17,18,19). The summed E-state index contributed by atoms with van der Waals surface area (Å²) in [7, 11) is 2.96. The first-order chi connectivity index (χ1) is 10.0. The lowest BCUT2D eigenvalue weighted by molar-refractivity contribution is 0.355. The monoisotopic (exact) mass is 310 g/mol. The molecule has 0 aliphatic carbocycles. The predicted molar refractivity (Wildman–Crippen MR) is 79.5 cm³/mol. The highest BCUT2D eigenvalue weighted by atomic mass is 35.5. The van der Waals surface area contributed by atoms with E-state index < -0.39 is 5.56 Å². The Morgan fingerprint density at radius 3 is 2.57 bits per heavy atom. The van der Waals surface area contributed by atoms with Gasteiger partial charge in [-0.15, -0.1) is 0 Å². The molecule has 0 fully saturated rings. The van der Waals surface area contributed by atoms with Crippen molar-refractivity contribution in [1.82, 2.24) is 9.97 Å². The molecule has 0 bridgehead atoms. The largest absolute Gasteiger partial charge is 0.493 e. The van der Waals surface area contributed by atoms with E-state index in [1.807, 2.05) is 0 Å². The van der Waals surface area contributed by atoms with Crippen molar-refractivity contribution in [3.05, 3.63) is 33.1 Å². The van der Waals surface area contributed by atoms with Crippen LogP contribution in [0.25, 0.3) is 11.4 Å². The smallest absolute Gasteiger partial charge is 0.258 e. The van der Waals surface area contributed by atoms with Crippen LogP contribution in [0.4, 0.5) is 0 Å². The van der Waals surface area contributed by atoms with Crippen molar-refractivity contribution < 1.29 is 14.6 Å². The summed E-state index contributed by atoms with van der Waals surface area (Å²) in [6.45, 7) is 1.76. The molecule has 0 radical (unpaired) electrons. The van der Waals surface area contributed by atoms with Crippen LogP contribution in [0.1, 0.15) is 12.5 Å². The molecule has 0 saturated heterocycles. The number of rotatable bonds is 4. The number of ether oxygens (including phenoxy) is 2. The predicted octanol–water partition coefficient (Wildman–Crippen LogP) is 2.38. The van der Waals surface area contributed by atoms with E-state index in [4.69, 9.17) is 21.1 Å². The Labute approximate surface area is 126 Å². The van der Waals surface area contributed by atoms with Crippen LogP contribution in [0.15, 0.2) is 16.9 Å². The summed E-state index contributed by atoms with van der Waals surface area (Å²) in [6.07, 6.45) is 0.383. The first-order valence-corrected chi connectivity index (χ1v) is 6.64. The van der Waals surface area contributed by atoms with E-state index >= 15 is 0 Å². The topological polar surface area (TPSA) is 84.4 Å². The number of hydrogen-bond acceptors (Lipinski definition) is 5.